The second-order valence-electron chi connectivity index (χ2n) is 6.85. The Morgan fingerprint density at radius 1 is 1.33 bits per heavy atom. The van der Waals surface area contributed by atoms with Crippen LogP contribution in [-0.2, 0) is 20.6 Å². The third-order valence-electron chi connectivity index (χ3n) is 3.95. The molecule has 0 aliphatic rings. The third kappa shape index (κ3) is 5.25. The van der Waals surface area contributed by atoms with Crippen LogP contribution in [0.2, 0.25) is 18.1 Å². The summed E-state index contributed by atoms with van der Waals surface area (Å²) >= 11 is 0. The Labute approximate surface area is 129 Å². The predicted molar refractivity (Wildman–Crippen MR) is 86.4 cm³/mol. The van der Waals surface area contributed by atoms with Crippen molar-refractivity contribution in [3.8, 4) is 0 Å². The molecule has 1 heterocycles. The Bertz CT molecular complexity index is 495. The van der Waals surface area contributed by atoms with Crippen molar-refractivity contribution in [2.75, 3.05) is 0 Å². The molecule has 0 amide bonds. The average molecular weight is 309 g/mol. The predicted octanol–water partition coefficient (Wildman–Crippen LogP) is 4.23. The molecule has 0 spiro atoms. The first-order valence-electron chi connectivity index (χ1n) is 7.30. The van der Waals surface area contributed by atoms with Crippen molar-refractivity contribution >= 4 is 14.3 Å². The summed E-state index contributed by atoms with van der Waals surface area (Å²) in [5.74, 6) is -0.298. The van der Waals surface area contributed by atoms with E-state index in [4.69, 9.17) is 9.16 Å². The molecule has 0 saturated heterocycles. The number of carbonyl (C=O) groups excluding carboxylic acids is 1. The van der Waals surface area contributed by atoms with Crippen molar-refractivity contribution in [2.45, 2.75) is 65.5 Å². The Kier molecular flexibility index (Phi) is 5.70. The molecule has 0 bridgehead atoms. The van der Waals surface area contributed by atoms with E-state index in [-0.39, 0.29) is 23.7 Å². The number of ether oxygens (including phenoxy) is 1. The maximum atomic E-state index is 10.9. The van der Waals surface area contributed by atoms with Gasteiger partial charge < -0.3 is 9.16 Å². The molecule has 21 heavy (non-hydrogen) atoms. The van der Waals surface area contributed by atoms with Crippen LogP contribution in [0.4, 0.5) is 0 Å². The minimum absolute atomic E-state index is 0.0665. The fraction of sp³-hybridized carbons (Fsp3) is 0.625. The van der Waals surface area contributed by atoms with Gasteiger partial charge in [0.25, 0.3) is 0 Å². The van der Waals surface area contributed by atoms with E-state index in [1.807, 2.05) is 25.1 Å². The molecule has 0 radical (unpaired) electrons. The minimum atomic E-state index is -1.83. The second-order valence-corrected chi connectivity index (χ2v) is 11.6. The largest absolute Gasteiger partial charge is 0.459 e. The van der Waals surface area contributed by atoms with Gasteiger partial charge in [-0.25, -0.2) is 0 Å². The highest BCUT2D eigenvalue weighted by Gasteiger charge is 2.38. The van der Waals surface area contributed by atoms with Crippen LogP contribution < -0.4 is 0 Å². The number of nitrogens with zero attached hydrogens (tertiary/aromatic N) is 1. The minimum Gasteiger partial charge on any atom is -0.459 e. The van der Waals surface area contributed by atoms with Crippen LogP contribution in [0.3, 0.4) is 0 Å². The van der Waals surface area contributed by atoms with E-state index >= 15 is 0 Å². The molecular formula is C16H27NO3Si. The Balaban J connectivity index is 2.81. The fourth-order valence-electron chi connectivity index (χ4n) is 1.66. The summed E-state index contributed by atoms with van der Waals surface area (Å²) in [7, 11) is -1.83. The van der Waals surface area contributed by atoms with E-state index in [0.29, 0.717) is 0 Å². The standard InChI is InChI=1S/C16H27NO3Si/c1-12(20-21(6,7)16(3,4)5)15-10-8-9-14(17-15)11-19-13(2)18/h8-10,12H,11H2,1-7H3/t12-/m0/s1. The molecule has 1 rings (SSSR count). The van der Waals surface area contributed by atoms with Gasteiger partial charge in [-0.3, -0.25) is 9.78 Å². The van der Waals surface area contributed by atoms with Crippen LogP contribution in [0.1, 0.15) is 52.1 Å². The highest BCUT2D eigenvalue weighted by molar-refractivity contribution is 6.74. The van der Waals surface area contributed by atoms with Gasteiger partial charge in [-0.15, -0.1) is 0 Å². The van der Waals surface area contributed by atoms with E-state index in [2.05, 4.69) is 38.8 Å². The molecule has 0 aromatic carbocycles. The fourth-order valence-corrected chi connectivity index (χ4v) is 3.02. The molecule has 4 nitrogen and oxygen atoms in total. The molecule has 0 aliphatic carbocycles. The normalized spacial score (nSPS) is 13.9. The Hall–Kier alpha value is -1.20. The molecule has 1 aromatic rings. The van der Waals surface area contributed by atoms with Gasteiger partial charge in [0, 0.05) is 6.92 Å². The molecule has 0 fully saturated rings. The average Bonchev–Trinajstić information content (AvgIpc) is 2.35. The first-order valence-corrected chi connectivity index (χ1v) is 10.2. The molecule has 0 aliphatic heterocycles. The maximum Gasteiger partial charge on any atom is 0.303 e. The summed E-state index contributed by atoms with van der Waals surface area (Å²) in [5.41, 5.74) is 1.62. The third-order valence-corrected chi connectivity index (χ3v) is 8.50. The topological polar surface area (TPSA) is 48.4 Å². The van der Waals surface area contributed by atoms with Crippen LogP contribution in [0, 0.1) is 0 Å². The number of carbonyl (C=O) groups is 1. The van der Waals surface area contributed by atoms with Gasteiger partial charge in [-0.05, 0) is 37.2 Å². The van der Waals surface area contributed by atoms with E-state index in [1.165, 1.54) is 6.92 Å². The highest BCUT2D eigenvalue weighted by atomic mass is 28.4. The van der Waals surface area contributed by atoms with Crippen LogP contribution in [0.5, 0.6) is 0 Å². The lowest BCUT2D eigenvalue weighted by Gasteiger charge is -2.38. The summed E-state index contributed by atoms with van der Waals surface area (Å²) in [6.45, 7) is 14.7. The van der Waals surface area contributed by atoms with Crippen LogP contribution in [-0.4, -0.2) is 19.3 Å². The van der Waals surface area contributed by atoms with Crippen LogP contribution >= 0.6 is 0 Å². The SMILES string of the molecule is CC(=O)OCc1cccc([C@H](C)O[Si](C)(C)C(C)(C)C)n1. The van der Waals surface area contributed by atoms with E-state index in [1.54, 1.807) is 0 Å². The van der Waals surface area contributed by atoms with E-state index in [0.717, 1.165) is 11.4 Å². The first kappa shape index (κ1) is 17.8. The number of esters is 1. The zero-order valence-electron chi connectivity index (χ0n) is 14.2. The summed E-state index contributed by atoms with van der Waals surface area (Å²) in [6.07, 6.45) is -0.0665. The van der Waals surface area contributed by atoms with Crippen LogP contribution in [0.25, 0.3) is 0 Å². The molecule has 1 atom stereocenters. The molecule has 1 aromatic heterocycles. The summed E-state index contributed by atoms with van der Waals surface area (Å²) < 4.78 is 11.3. The lowest BCUT2D eigenvalue weighted by atomic mass is 10.2. The van der Waals surface area contributed by atoms with Gasteiger partial charge >= 0.3 is 5.97 Å². The Morgan fingerprint density at radius 3 is 2.48 bits per heavy atom. The van der Waals surface area contributed by atoms with Gasteiger partial charge in [-0.2, -0.15) is 0 Å². The van der Waals surface area contributed by atoms with Crippen molar-refractivity contribution in [3.63, 3.8) is 0 Å². The molecule has 0 saturated carbocycles. The molecule has 118 valence electrons. The maximum absolute atomic E-state index is 10.9. The van der Waals surface area contributed by atoms with Gasteiger partial charge in [0.05, 0.1) is 17.5 Å². The lowest BCUT2D eigenvalue weighted by Crippen LogP contribution is -2.41. The monoisotopic (exact) mass is 309 g/mol. The van der Waals surface area contributed by atoms with E-state index in [9.17, 15) is 4.79 Å². The number of hydrogen-bond donors (Lipinski definition) is 0. The van der Waals surface area contributed by atoms with Crippen molar-refractivity contribution in [3.05, 3.63) is 29.6 Å². The Morgan fingerprint density at radius 2 is 1.95 bits per heavy atom. The number of aromatic nitrogens is 1. The number of hydrogen-bond acceptors (Lipinski definition) is 4. The molecule has 5 heteroatoms. The van der Waals surface area contributed by atoms with Crippen molar-refractivity contribution in [1.82, 2.24) is 4.98 Å². The summed E-state index contributed by atoms with van der Waals surface area (Å²) in [4.78, 5) is 15.4. The van der Waals surface area contributed by atoms with Gasteiger partial charge in [0.15, 0.2) is 8.32 Å². The van der Waals surface area contributed by atoms with Crippen molar-refractivity contribution < 1.29 is 14.0 Å². The van der Waals surface area contributed by atoms with Crippen molar-refractivity contribution in [2.24, 2.45) is 0 Å². The highest BCUT2D eigenvalue weighted by Crippen LogP contribution is 2.39. The van der Waals surface area contributed by atoms with Crippen LogP contribution in [0.15, 0.2) is 18.2 Å². The van der Waals surface area contributed by atoms with Gasteiger partial charge in [-0.1, -0.05) is 26.8 Å². The molecule has 0 N–H and O–H groups in total. The zero-order chi connectivity index (χ0) is 16.3. The number of pyridine rings is 1. The number of rotatable bonds is 5. The molecule has 0 unspecified atom stereocenters. The summed E-state index contributed by atoms with van der Waals surface area (Å²) in [6, 6.07) is 5.73. The van der Waals surface area contributed by atoms with Gasteiger partial charge in [0.2, 0.25) is 0 Å². The zero-order valence-corrected chi connectivity index (χ0v) is 15.2. The first-order chi connectivity index (χ1) is 9.53. The quantitative estimate of drug-likeness (QED) is 0.603. The summed E-state index contributed by atoms with van der Waals surface area (Å²) in [5, 5.41) is 0.163. The van der Waals surface area contributed by atoms with Gasteiger partial charge in [0.1, 0.15) is 6.61 Å². The second kappa shape index (κ2) is 6.71. The van der Waals surface area contributed by atoms with Crippen molar-refractivity contribution in [1.29, 1.82) is 0 Å². The molecular weight excluding hydrogens is 282 g/mol. The van der Waals surface area contributed by atoms with E-state index < -0.39 is 8.32 Å². The smallest absolute Gasteiger partial charge is 0.303 e. The lowest BCUT2D eigenvalue weighted by molar-refractivity contribution is -0.142.